The molecule has 0 bridgehead atoms. The van der Waals surface area contributed by atoms with Gasteiger partial charge in [-0.25, -0.2) is 0 Å². The molecule has 2 rings (SSSR count). The number of nitrogens with one attached hydrogen (secondary N) is 1. The van der Waals surface area contributed by atoms with Crippen LogP contribution in [-0.4, -0.2) is 44.8 Å². The van der Waals surface area contributed by atoms with Crippen molar-refractivity contribution in [2.24, 2.45) is 5.92 Å². The van der Waals surface area contributed by atoms with Gasteiger partial charge in [-0.05, 0) is 58.3 Å². The van der Waals surface area contributed by atoms with Crippen LogP contribution < -0.4 is 14.8 Å². The lowest BCUT2D eigenvalue weighted by Crippen LogP contribution is -2.39. The van der Waals surface area contributed by atoms with Gasteiger partial charge in [-0.15, -0.1) is 0 Å². The Labute approximate surface area is 128 Å². The van der Waals surface area contributed by atoms with E-state index in [2.05, 4.69) is 30.3 Å². The lowest BCUT2D eigenvalue weighted by molar-refractivity contribution is 0.197. The Balaban J connectivity index is 2.02. The molecule has 2 atom stereocenters. The fraction of sp³-hybridized carbons (Fsp3) is 0.647. The summed E-state index contributed by atoms with van der Waals surface area (Å²) in [7, 11) is 3.88. The molecule has 118 valence electrons. The molecule has 21 heavy (non-hydrogen) atoms. The van der Waals surface area contributed by atoms with E-state index < -0.39 is 0 Å². The average Bonchev–Trinajstić information content (AvgIpc) is 2.48. The largest absolute Gasteiger partial charge is 0.493 e. The summed E-state index contributed by atoms with van der Waals surface area (Å²) in [5.74, 6) is 2.28. The first kappa shape index (κ1) is 16.0. The molecule has 0 amide bonds. The second-order valence-corrected chi connectivity index (χ2v) is 5.90. The van der Waals surface area contributed by atoms with E-state index in [1.165, 1.54) is 25.9 Å². The Morgan fingerprint density at radius 2 is 2.19 bits per heavy atom. The van der Waals surface area contributed by atoms with Crippen LogP contribution in [0.4, 0.5) is 5.69 Å². The Morgan fingerprint density at radius 3 is 2.86 bits per heavy atom. The topological polar surface area (TPSA) is 33.7 Å². The monoisotopic (exact) mass is 292 g/mol. The Morgan fingerprint density at radius 1 is 1.38 bits per heavy atom. The van der Waals surface area contributed by atoms with Crippen molar-refractivity contribution in [2.45, 2.75) is 32.7 Å². The van der Waals surface area contributed by atoms with Crippen molar-refractivity contribution in [3.05, 3.63) is 18.2 Å². The summed E-state index contributed by atoms with van der Waals surface area (Å²) in [5.41, 5.74) is 1.10. The zero-order valence-corrected chi connectivity index (χ0v) is 13.7. The number of rotatable bonds is 6. The van der Waals surface area contributed by atoms with Crippen molar-refractivity contribution >= 4 is 5.69 Å². The smallest absolute Gasteiger partial charge is 0.163 e. The first-order valence-electron chi connectivity index (χ1n) is 7.90. The minimum absolute atomic E-state index is 0.454. The fourth-order valence-electron chi connectivity index (χ4n) is 3.03. The van der Waals surface area contributed by atoms with Crippen molar-refractivity contribution in [1.29, 1.82) is 0 Å². The number of hydrogen-bond donors (Lipinski definition) is 1. The average molecular weight is 292 g/mol. The number of likely N-dealkylation sites (tertiary alicyclic amines) is 1. The van der Waals surface area contributed by atoms with E-state index in [0.717, 1.165) is 17.2 Å². The zero-order valence-electron chi connectivity index (χ0n) is 13.7. The highest BCUT2D eigenvalue weighted by Crippen LogP contribution is 2.31. The molecule has 1 aromatic carbocycles. The highest BCUT2D eigenvalue weighted by atomic mass is 16.5. The molecule has 0 aromatic heterocycles. The molecule has 1 heterocycles. The van der Waals surface area contributed by atoms with Crippen molar-refractivity contribution in [2.75, 3.05) is 39.2 Å². The molecule has 0 saturated carbocycles. The van der Waals surface area contributed by atoms with E-state index >= 15 is 0 Å². The first-order valence-corrected chi connectivity index (χ1v) is 7.90. The normalized spacial score (nSPS) is 20.9. The van der Waals surface area contributed by atoms with E-state index in [-0.39, 0.29) is 0 Å². The van der Waals surface area contributed by atoms with Gasteiger partial charge in [0.15, 0.2) is 11.5 Å². The Bertz CT molecular complexity index is 450. The van der Waals surface area contributed by atoms with E-state index in [4.69, 9.17) is 9.47 Å². The highest BCUT2D eigenvalue weighted by molar-refractivity contribution is 5.55. The van der Waals surface area contributed by atoms with Gasteiger partial charge < -0.3 is 19.7 Å². The van der Waals surface area contributed by atoms with Gasteiger partial charge in [0.2, 0.25) is 0 Å². The van der Waals surface area contributed by atoms with Crippen LogP contribution in [0.3, 0.4) is 0 Å². The van der Waals surface area contributed by atoms with E-state index in [1.807, 2.05) is 19.1 Å². The summed E-state index contributed by atoms with van der Waals surface area (Å²) in [6, 6.07) is 6.51. The maximum absolute atomic E-state index is 5.64. The molecule has 0 radical (unpaired) electrons. The first-order chi connectivity index (χ1) is 10.1. The lowest BCUT2D eigenvalue weighted by atomic mass is 9.92. The fourth-order valence-corrected chi connectivity index (χ4v) is 3.03. The number of anilines is 1. The summed E-state index contributed by atoms with van der Waals surface area (Å²) in [4.78, 5) is 2.42. The lowest BCUT2D eigenvalue weighted by Gasteiger charge is -2.34. The minimum Gasteiger partial charge on any atom is -0.493 e. The molecular weight excluding hydrogens is 264 g/mol. The highest BCUT2D eigenvalue weighted by Gasteiger charge is 2.22. The second-order valence-electron chi connectivity index (χ2n) is 5.90. The maximum Gasteiger partial charge on any atom is 0.163 e. The van der Waals surface area contributed by atoms with E-state index in [0.29, 0.717) is 18.6 Å². The molecule has 1 aliphatic rings. The molecular formula is C17H28N2O2. The van der Waals surface area contributed by atoms with Crippen LogP contribution in [-0.2, 0) is 0 Å². The third-order valence-corrected chi connectivity index (χ3v) is 4.23. The van der Waals surface area contributed by atoms with E-state index in [9.17, 15) is 0 Å². The number of nitrogens with zero attached hydrogens (tertiary/aromatic N) is 1. The third-order valence-electron chi connectivity index (χ3n) is 4.23. The molecule has 1 fully saturated rings. The predicted octanol–water partition coefficient (Wildman–Crippen LogP) is 3.24. The minimum atomic E-state index is 0.454. The van der Waals surface area contributed by atoms with Gasteiger partial charge in [-0.2, -0.15) is 0 Å². The summed E-state index contributed by atoms with van der Waals surface area (Å²) >= 11 is 0. The van der Waals surface area contributed by atoms with Crippen LogP contribution in [0.2, 0.25) is 0 Å². The Kier molecular flexibility index (Phi) is 5.74. The van der Waals surface area contributed by atoms with E-state index in [1.54, 1.807) is 7.11 Å². The van der Waals surface area contributed by atoms with Crippen molar-refractivity contribution in [3.63, 3.8) is 0 Å². The SMILES string of the molecule is CCOc1cc(NC(C)C2CCCN(C)C2)ccc1OC. The molecule has 4 nitrogen and oxygen atoms in total. The van der Waals surface area contributed by atoms with Crippen LogP contribution in [0, 0.1) is 5.92 Å². The Hall–Kier alpha value is -1.42. The van der Waals surface area contributed by atoms with Crippen molar-refractivity contribution < 1.29 is 9.47 Å². The summed E-state index contributed by atoms with van der Waals surface area (Å²) in [6.45, 7) is 7.29. The number of methoxy groups -OCH3 is 1. The number of hydrogen-bond acceptors (Lipinski definition) is 4. The number of benzene rings is 1. The maximum atomic E-state index is 5.64. The van der Waals surface area contributed by atoms with Crippen LogP contribution in [0.15, 0.2) is 18.2 Å². The third kappa shape index (κ3) is 4.27. The van der Waals surface area contributed by atoms with Crippen LogP contribution in [0.5, 0.6) is 11.5 Å². The molecule has 1 aromatic rings. The van der Waals surface area contributed by atoms with Crippen molar-refractivity contribution in [1.82, 2.24) is 4.90 Å². The molecule has 0 spiro atoms. The summed E-state index contributed by atoms with van der Waals surface area (Å²) < 4.78 is 11.0. The summed E-state index contributed by atoms with van der Waals surface area (Å²) in [5, 5.41) is 3.62. The zero-order chi connectivity index (χ0) is 15.2. The number of ether oxygens (including phenoxy) is 2. The van der Waals surface area contributed by atoms with Crippen LogP contribution in [0.1, 0.15) is 26.7 Å². The standard InChI is InChI=1S/C17H28N2O2/c1-5-21-17-11-15(8-9-16(17)20-4)18-13(2)14-7-6-10-19(3)12-14/h8-9,11,13-14,18H,5-7,10,12H2,1-4H3. The van der Waals surface area contributed by atoms with Crippen LogP contribution >= 0.6 is 0 Å². The molecule has 1 aliphatic heterocycles. The van der Waals surface area contributed by atoms with Gasteiger partial charge in [0.05, 0.1) is 13.7 Å². The molecule has 2 unspecified atom stereocenters. The molecule has 4 heteroatoms. The molecule has 1 saturated heterocycles. The van der Waals surface area contributed by atoms with Crippen LogP contribution in [0.25, 0.3) is 0 Å². The van der Waals surface area contributed by atoms with Gasteiger partial charge in [0.1, 0.15) is 0 Å². The van der Waals surface area contributed by atoms with Gasteiger partial charge in [0, 0.05) is 24.3 Å². The molecule has 1 N–H and O–H groups in total. The predicted molar refractivity (Wildman–Crippen MR) is 87.5 cm³/mol. The van der Waals surface area contributed by atoms with Gasteiger partial charge in [0.25, 0.3) is 0 Å². The quantitative estimate of drug-likeness (QED) is 0.873. The molecule has 0 aliphatic carbocycles. The summed E-state index contributed by atoms with van der Waals surface area (Å²) in [6.07, 6.45) is 2.59. The second kappa shape index (κ2) is 7.55. The number of piperidine rings is 1. The van der Waals surface area contributed by atoms with Gasteiger partial charge in [-0.3, -0.25) is 0 Å². The van der Waals surface area contributed by atoms with Gasteiger partial charge >= 0.3 is 0 Å². The van der Waals surface area contributed by atoms with Gasteiger partial charge in [-0.1, -0.05) is 0 Å². The van der Waals surface area contributed by atoms with Crippen molar-refractivity contribution in [3.8, 4) is 11.5 Å².